The lowest BCUT2D eigenvalue weighted by Crippen LogP contribution is -2.39. The highest BCUT2D eigenvalue weighted by atomic mass is 32.2. The number of sulfonamides is 1. The van der Waals surface area contributed by atoms with E-state index in [2.05, 4.69) is 0 Å². The maximum absolute atomic E-state index is 14.1. The molecule has 1 aromatic rings. The third-order valence-corrected chi connectivity index (χ3v) is 6.74. The van der Waals surface area contributed by atoms with E-state index in [1.807, 2.05) is 0 Å². The summed E-state index contributed by atoms with van der Waals surface area (Å²) >= 11 is 0. The summed E-state index contributed by atoms with van der Waals surface area (Å²) in [6.07, 6.45) is 5.11. The summed E-state index contributed by atoms with van der Waals surface area (Å²) in [6.45, 7) is 0.710. The van der Waals surface area contributed by atoms with Gasteiger partial charge in [-0.3, -0.25) is 0 Å². The van der Waals surface area contributed by atoms with Crippen LogP contribution in [0.25, 0.3) is 0 Å². The molecule has 116 valence electrons. The molecule has 4 nitrogen and oxygen atoms in total. The minimum atomic E-state index is -3.75. The van der Waals surface area contributed by atoms with Crippen LogP contribution in [0.2, 0.25) is 0 Å². The number of rotatable bonds is 3. The van der Waals surface area contributed by atoms with Crippen molar-refractivity contribution in [3.63, 3.8) is 0 Å². The summed E-state index contributed by atoms with van der Waals surface area (Å²) in [5, 5.41) is 0. The van der Waals surface area contributed by atoms with Gasteiger partial charge in [-0.15, -0.1) is 0 Å². The molecule has 0 bridgehead atoms. The molecule has 2 unspecified atom stereocenters. The quantitative estimate of drug-likeness (QED) is 0.931. The molecule has 2 atom stereocenters. The van der Waals surface area contributed by atoms with Crippen LogP contribution in [0.1, 0.15) is 37.7 Å². The average molecular weight is 312 g/mol. The van der Waals surface area contributed by atoms with Gasteiger partial charge in [0.05, 0.1) is 0 Å². The van der Waals surface area contributed by atoms with Crippen LogP contribution in [-0.4, -0.2) is 25.3 Å². The molecular weight excluding hydrogens is 291 g/mol. The van der Waals surface area contributed by atoms with Crippen molar-refractivity contribution in [3.8, 4) is 0 Å². The van der Waals surface area contributed by atoms with Crippen molar-refractivity contribution in [3.05, 3.63) is 29.6 Å². The van der Waals surface area contributed by atoms with Gasteiger partial charge < -0.3 is 5.73 Å². The SMILES string of the molecule is NCc1ccc(S(=O)(=O)N2CCC3CCCCC32)c(F)c1. The smallest absolute Gasteiger partial charge is 0.246 e. The lowest BCUT2D eigenvalue weighted by atomic mass is 9.86. The van der Waals surface area contributed by atoms with Gasteiger partial charge in [0.2, 0.25) is 10.0 Å². The number of fused-ring (bicyclic) bond motifs is 1. The summed E-state index contributed by atoms with van der Waals surface area (Å²) in [5.41, 5.74) is 6.06. The Bertz CT molecular complexity index is 633. The average Bonchev–Trinajstić information content (AvgIpc) is 2.91. The van der Waals surface area contributed by atoms with Crippen LogP contribution in [0.5, 0.6) is 0 Å². The third-order valence-electron chi connectivity index (χ3n) is 4.78. The highest BCUT2D eigenvalue weighted by molar-refractivity contribution is 7.89. The van der Waals surface area contributed by atoms with Gasteiger partial charge in [-0.1, -0.05) is 18.9 Å². The molecule has 6 heteroatoms. The predicted octanol–water partition coefficient (Wildman–Crippen LogP) is 2.24. The Labute approximate surface area is 125 Å². The molecule has 1 aliphatic carbocycles. The van der Waals surface area contributed by atoms with Gasteiger partial charge in [-0.05, 0) is 42.9 Å². The molecule has 0 radical (unpaired) electrons. The number of hydrogen-bond donors (Lipinski definition) is 1. The number of nitrogens with two attached hydrogens (primary N) is 1. The summed E-state index contributed by atoms with van der Waals surface area (Å²) < 4.78 is 41.2. The van der Waals surface area contributed by atoms with Gasteiger partial charge in [0, 0.05) is 19.1 Å². The number of hydrogen-bond acceptors (Lipinski definition) is 3. The normalized spacial score (nSPS) is 26.8. The Kier molecular flexibility index (Phi) is 4.03. The van der Waals surface area contributed by atoms with Crippen LogP contribution < -0.4 is 5.73 Å². The van der Waals surface area contributed by atoms with Crippen LogP contribution in [0.3, 0.4) is 0 Å². The zero-order valence-electron chi connectivity index (χ0n) is 12.0. The monoisotopic (exact) mass is 312 g/mol. The van der Waals surface area contributed by atoms with E-state index in [4.69, 9.17) is 5.73 Å². The lowest BCUT2D eigenvalue weighted by Gasteiger charge is -2.31. The first kappa shape index (κ1) is 14.9. The number of benzene rings is 1. The van der Waals surface area contributed by atoms with E-state index in [0.29, 0.717) is 18.0 Å². The first-order valence-electron chi connectivity index (χ1n) is 7.54. The summed E-state index contributed by atoms with van der Waals surface area (Å²) in [6, 6.07) is 4.21. The third kappa shape index (κ3) is 2.60. The van der Waals surface area contributed by atoms with E-state index in [0.717, 1.165) is 25.7 Å². The van der Waals surface area contributed by atoms with Crippen molar-refractivity contribution >= 4 is 10.0 Å². The van der Waals surface area contributed by atoms with Crippen LogP contribution in [0.15, 0.2) is 23.1 Å². The zero-order valence-corrected chi connectivity index (χ0v) is 12.8. The fraction of sp³-hybridized carbons (Fsp3) is 0.600. The summed E-state index contributed by atoms with van der Waals surface area (Å²) in [7, 11) is -3.75. The van der Waals surface area contributed by atoms with Crippen LogP contribution in [0, 0.1) is 11.7 Å². The Hall–Kier alpha value is -0.980. The van der Waals surface area contributed by atoms with E-state index >= 15 is 0 Å². The summed E-state index contributed by atoms with van der Waals surface area (Å²) in [4.78, 5) is -0.217. The Balaban J connectivity index is 1.93. The molecule has 2 aliphatic rings. The second-order valence-corrected chi connectivity index (χ2v) is 7.84. The van der Waals surface area contributed by atoms with Crippen LogP contribution in [-0.2, 0) is 16.6 Å². The molecule has 0 spiro atoms. The fourth-order valence-electron chi connectivity index (χ4n) is 3.67. The van der Waals surface area contributed by atoms with Crippen LogP contribution >= 0.6 is 0 Å². The van der Waals surface area contributed by atoms with Gasteiger partial charge in [-0.2, -0.15) is 4.31 Å². The van der Waals surface area contributed by atoms with E-state index in [1.54, 1.807) is 6.07 Å². The Morgan fingerprint density at radius 3 is 2.71 bits per heavy atom. The Morgan fingerprint density at radius 2 is 2.00 bits per heavy atom. The van der Waals surface area contributed by atoms with Gasteiger partial charge in [0.25, 0.3) is 0 Å². The molecule has 3 rings (SSSR count). The largest absolute Gasteiger partial charge is 0.326 e. The van der Waals surface area contributed by atoms with Crippen molar-refractivity contribution < 1.29 is 12.8 Å². The molecule has 1 aliphatic heterocycles. The fourth-order valence-corrected chi connectivity index (χ4v) is 5.45. The molecule has 1 aromatic carbocycles. The van der Waals surface area contributed by atoms with Crippen molar-refractivity contribution in [2.75, 3.05) is 6.54 Å². The van der Waals surface area contributed by atoms with E-state index in [1.165, 1.54) is 22.9 Å². The predicted molar refractivity (Wildman–Crippen MR) is 78.5 cm³/mol. The maximum atomic E-state index is 14.1. The number of nitrogens with zero attached hydrogens (tertiary/aromatic N) is 1. The molecule has 2 fully saturated rings. The van der Waals surface area contributed by atoms with Crippen LogP contribution in [0.4, 0.5) is 4.39 Å². The molecular formula is C15H21FN2O2S. The Morgan fingerprint density at radius 1 is 1.24 bits per heavy atom. The van der Waals surface area contributed by atoms with Crippen molar-refractivity contribution in [2.24, 2.45) is 11.7 Å². The molecule has 2 N–H and O–H groups in total. The first-order chi connectivity index (χ1) is 10.0. The zero-order chi connectivity index (χ0) is 15.0. The lowest BCUT2D eigenvalue weighted by molar-refractivity contribution is 0.260. The molecule has 1 saturated heterocycles. The second kappa shape index (κ2) is 5.66. The van der Waals surface area contributed by atoms with Gasteiger partial charge in [0.1, 0.15) is 10.7 Å². The van der Waals surface area contributed by atoms with Crippen molar-refractivity contribution in [2.45, 2.75) is 49.6 Å². The maximum Gasteiger partial charge on any atom is 0.246 e. The highest BCUT2D eigenvalue weighted by Crippen LogP contribution is 2.39. The number of halogens is 1. The first-order valence-corrected chi connectivity index (χ1v) is 8.98. The van der Waals surface area contributed by atoms with Gasteiger partial charge in [0.15, 0.2) is 0 Å². The standard InChI is InChI=1S/C15H21FN2O2S/c16-13-9-11(10-17)5-6-15(13)21(19,20)18-8-7-12-3-1-2-4-14(12)18/h5-6,9,12,14H,1-4,7-8,10,17H2. The van der Waals surface area contributed by atoms with Crippen molar-refractivity contribution in [1.29, 1.82) is 0 Å². The molecule has 1 heterocycles. The minimum absolute atomic E-state index is 0.0531. The summed E-state index contributed by atoms with van der Waals surface area (Å²) in [5.74, 6) is -0.253. The van der Waals surface area contributed by atoms with Crippen molar-refractivity contribution in [1.82, 2.24) is 4.31 Å². The molecule has 1 saturated carbocycles. The molecule has 0 aromatic heterocycles. The van der Waals surface area contributed by atoms with Gasteiger partial charge >= 0.3 is 0 Å². The molecule has 21 heavy (non-hydrogen) atoms. The van der Waals surface area contributed by atoms with E-state index < -0.39 is 15.8 Å². The minimum Gasteiger partial charge on any atom is -0.326 e. The van der Waals surface area contributed by atoms with Gasteiger partial charge in [-0.25, -0.2) is 12.8 Å². The molecule has 0 amide bonds. The highest BCUT2D eigenvalue weighted by Gasteiger charge is 2.43. The second-order valence-electron chi connectivity index (χ2n) is 5.99. The topological polar surface area (TPSA) is 63.4 Å². The van der Waals surface area contributed by atoms with E-state index in [9.17, 15) is 12.8 Å². The van der Waals surface area contributed by atoms with E-state index in [-0.39, 0.29) is 17.5 Å².